The molecule has 3 saturated carbocycles. The zero-order valence-electron chi connectivity index (χ0n) is 51.3. The lowest BCUT2D eigenvalue weighted by molar-refractivity contribution is -0.173. The first-order chi connectivity index (χ1) is 40.3. The minimum atomic E-state index is -2.04. The highest BCUT2D eigenvalue weighted by molar-refractivity contribution is 6.24. The molecule has 468 valence electrons. The van der Waals surface area contributed by atoms with Crippen molar-refractivity contribution in [3.8, 4) is 23.0 Å². The molecule has 4 aliphatic carbocycles. The molecule has 16 atom stereocenters. The number of rotatable bonds is 6. The van der Waals surface area contributed by atoms with E-state index in [1.54, 1.807) is 57.0 Å². The summed E-state index contributed by atoms with van der Waals surface area (Å²) in [5, 5.41) is 98.8. The minimum Gasteiger partial charge on any atom is -0.507 e. The maximum atomic E-state index is 14.4. The van der Waals surface area contributed by atoms with Gasteiger partial charge in [-0.15, -0.1) is 0 Å². The lowest BCUT2D eigenvalue weighted by Crippen LogP contribution is -2.62. The second-order valence-corrected chi connectivity index (χ2v) is 25.4. The van der Waals surface area contributed by atoms with E-state index in [-0.39, 0.29) is 79.8 Å². The summed E-state index contributed by atoms with van der Waals surface area (Å²) in [6, 6.07) is 0. The Bertz CT molecular complexity index is 3250. The van der Waals surface area contributed by atoms with E-state index >= 15 is 0 Å². The number of methoxy groups -OCH3 is 1. The van der Waals surface area contributed by atoms with Crippen LogP contribution in [0.5, 0.6) is 23.0 Å². The number of fused-ring (bicyclic) bond motifs is 19. The van der Waals surface area contributed by atoms with E-state index in [0.717, 1.165) is 31.5 Å². The summed E-state index contributed by atoms with van der Waals surface area (Å²) in [5.41, 5.74) is -1.87. The number of aliphatic hydroxyl groups is 5. The van der Waals surface area contributed by atoms with Crippen molar-refractivity contribution in [1.82, 2.24) is 9.91 Å². The van der Waals surface area contributed by atoms with E-state index in [2.05, 4.69) is 28.8 Å². The number of aliphatic hydroxyl groups excluding tert-OH is 4. The normalized spacial score (nSPS) is 37.2. The molecule has 21 heteroatoms. The number of allylic oxidation sites excluding steroid dienone is 6. The van der Waals surface area contributed by atoms with Crippen LogP contribution in [0.3, 0.4) is 0 Å². The Kier molecular flexibility index (Phi) is 18.8. The van der Waals surface area contributed by atoms with E-state index in [0.29, 0.717) is 25.1 Å². The van der Waals surface area contributed by atoms with Gasteiger partial charge in [0.25, 0.3) is 11.7 Å². The molecule has 8 aliphatic rings. The quantitative estimate of drug-likeness (QED) is 0.0522. The maximum absolute atomic E-state index is 14.4. The number of hydrazone groups is 1. The lowest BCUT2D eigenvalue weighted by atomic mass is 9.46. The number of ketones is 3. The van der Waals surface area contributed by atoms with Crippen LogP contribution >= 0.6 is 0 Å². The van der Waals surface area contributed by atoms with Gasteiger partial charge in [-0.1, -0.05) is 78.0 Å². The van der Waals surface area contributed by atoms with Crippen molar-refractivity contribution in [2.75, 3.05) is 52.3 Å². The average Bonchev–Trinajstić information content (AvgIpc) is 1.44. The number of aromatic hydroxyl groups is 3. The third-order valence-electron chi connectivity index (χ3n) is 20.1. The number of carbonyl (C=O) groups excluding carboxylic acids is 5. The van der Waals surface area contributed by atoms with Crippen molar-refractivity contribution in [3.63, 3.8) is 0 Å². The number of nitrogens with one attached hydrogen (secondary N) is 1. The van der Waals surface area contributed by atoms with Crippen LogP contribution in [0.1, 0.15) is 109 Å². The first-order valence-corrected chi connectivity index (χ1v) is 29.6. The van der Waals surface area contributed by atoms with Crippen LogP contribution in [0, 0.1) is 59.2 Å². The van der Waals surface area contributed by atoms with Crippen molar-refractivity contribution in [2.45, 2.75) is 137 Å². The fraction of sp³-hybridized carbons (Fsp3) is 0.569. The topological polar surface area (TPSA) is 315 Å². The molecule has 1 amide bonds. The zero-order chi connectivity index (χ0) is 63.4. The molecule has 2 aromatic rings. The average molecular weight is 1200 g/mol. The lowest BCUT2D eigenvalue weighted by Gasteiger charge is -2.59. The van der Waals surface area contributed by atoms with Gasteiger partial charge in [0.15, 0.2) is 22.9 Å². The number of phenols is 3. The molecule has 4 fully saturated rings. The number of nitrogens with zero attached hydrogens (tertiary/aromatic N) is 3. The van der Waals surface area contributed by atoms with Crippen LogP contribution in [0.4, 0.5) is 5.69 Å². The Hall–Kier alpha value is -6.72. The summed E-state index contributed by atoms with van der Waals surface area (Å²) in [6.07, 6.45) is 11.7. The number of amides is 1. The van der Waals surface area contributed by atoms with Crippen LogP contribution in [-0.4, -0.2) is 175 Å². The summed E-state index contributed by atoms with van der Waals surface area (Å²) in [4.78, 5) is 67.0. The van der Waals surface area contributed by atoms with Gasteiger partial charge < -0.3 is 70.0 Å². The summed E-state index contributed by atoms with van der Waals surface area (Å²) >= 11 is 0. The Morgan fingerprint density at radius 3 is 2.24 bits per heavy atom. The predicted molar refractivity (Wildman–Crippen MR) is 320 cm³/mol. The van der Waals surface area contributed by atoms with E-state index < -0.39 is 118 Å². The molecule has 5 bridgehead atoms. The second kappa shape index (κ2) is 24.8. The molecule has 0 unspecified atom stereocenters. The molecule has 86 heavy (non-hydrogen) atoms. The number of likely N-dealkylation sites (N-methyl/N-ethyl adjacent to an activating group) is 1. The number of esters is 1. The van der Waals surface area contributed by atoms with Gasteiger partial charge in [-0.3, -0.25) is 29.0 Å². The van der Waals surface area contributed by atoms with Crippen molar-refractivity contribution in [3.05, 3.63) is 88.8 Å². The van der Waals surface area contributed by atoms with Crippen LogP contribution in [0.25, 0.3) is 10.8 Å². The molecular formula is C65H86N4O17. The van der Waals surface area contributed by atoms with Gasteiger partial charge in [-0.2, -0.15) is 5.10 Å². The largest absolute Gasteiger partial charge is 0.507 e. The van der Waals surface area contributed by atoms with Crippen molar-refractivity contribution < 1.29 is 83.8 Å². The van der Waals surface area contributed by atoms with Gasteiger partial charge in [-0.25, -0.2) is 0 Å². The fourth-order valence-corrected chi connectivity index (χ4v) is 14.8. The summed E-state index contributed by atoms with van der Waals surface area (Å²) in [7, 11) is 3.42. The van der Waals surface area contributed by atoms with Gasteiger partial charge in [0.05, 0.1) is 59.1 Å². The number of anilines is 1. The van der Waals surface area contributed by atoms with Crippen molar-refractivity contribution >= 4 is 51.9 Å². The smallest absolute Gasteiger partial charge is 0.312 e. The number of benzene rings is 2. The summed E-state index contributed by atoms with van der Waals surface area (Å²) in [6.45, 7) is 22.3. The second-order valence-electron chi connectivity index (χ2n) is 25.4. The number of hydrogen-bond acceptors (Lipinski definition) is 20. The van der Waals surface area contributed by atoms with Gasteiger partial charge >= 0.3 is 11.8 Å². The third-order valence-corrected chi connectivity index (χ3v) is 20.1. The number of phenolic OH excluding ortho intramolecular Hbond substituents is 3. The molecule has 0 spiro atoms. The monoisotopic (exact) mass is 1190 g/mol. The Morgan fingerprint density at radius 2 is 1.60 bits per heavy atom. The van der Waals surface area contributed by atoms with Crippen LogP contribution < -0.4 is 10.1 Å². The number of carbonyl (C=O) groups is 5. The molecule has 4 aliphatic heterocycles. The number of hydrogen-bond donors (Lipinski definition) is 9. The summed E-state index contributed by atoms with van der Waals surface area (Å²) in [5.74, 6) is -8.94. The van der Waals surface area contributed by atoms with Crippen LogP contribution in [0.2, 0.25) is 0 Å². The Balaban J connectivity index is 0.000000294. The van der Waals surface area contributed by atoms with E-state index in [1.807, 2.05) is 20.0 Å². The first-order valence-electron chi connectivity index (χ1n) is 29.6. The maximum Gasteiger partial charge on any atom is 0.312 e. The van der Waals surface area contributed by atoms with Gasteiger partial charge in [0.2, 0.25) is 0 Å². The molecule has 1 saturated heterocycles. The molecule has 2 aromatic carbocycles. The highest BCUT2D eigenvalue weighted by Crippen LogP contribution is 2.68. The molecule has 21 nitrogen and oxygen atoms in total. The molecule has 4 heterocycles. The number of piperazine rings is 1. The number of ether oxygens (including phenoxy) is 4. The van der Waals surface area contributed by atoms with Crippen molar-refractivity contribution in [2.24, 2.45) is 57.4 Å². The molecule has 0 aromatic heterocycles. The number of Topliss-reactive ketones (excluding diaryl/α,β-unsaturated/α-hetero) is 2. The third kappa shape index (κ3) is 11.3. The summed E-state index contributed by atoms with van der Waals surface area (Å²) < 4.78 is 23.6. The minimum absolute atomic E-state index is 0.00306. The van der Waals surface area contributed by atoms with E-state index in [4.69, 9.17) is 18.9 Å². The Labute approximate surface area is 502 Å². The molecule has 0 radical (unpaired) electrons. The highest BCUT2D eigenvalue weighted by atomic mass is 16.7. The van der Waals surface area contributed by atoms with Gasteiger partial charge in [-0.05, 0) is 82.2 Å². The standard InChI is InChI=1S/C43H58N4O12.C22H28O5/c1-21-12-11-13-22(2)42(55)45-33-28(20-44-47-17-15-46(9)16-18-47)37(52)30-31(38(33)53)36(51)26(6)40-32(30)41(54)43(8,59-40)57-19-14-29(56-10)23(3)39(58-27(7)48)25(5)35(50)24(4)34(21)49;1-12-8-16-15-5-4-13-9-14(24)6-7-20(13,2)19(15)17(25)10-21(16,3)22(12,27)18(26)11-23/h11-14,19-21,23-25,29,34-35,39,49-53H,15-18H2,1-10H3,(H,45,55);6-7,9,15-17,19,23,25,27H,1,4-5,8,10-11H2,2-3H3/b12-11-,19-14-,22-13-,44-20+;/t21-,23+,24+,25+,29-,34-,35+,39+,43-;15-,16-,17-,19+,20-,21-,22-/m00/s1. The molecular weight excluding hydrogens is 1110 g/mol. The Morgan fingerprint density at radius 1 is 0.930 bits per heavy atom. The van der Waals surface area contributed by atoms with Crippen LogP contribution in [-0.2, 0) is 33.4 Å². The van der Waals surface area contributed by atoms with Gasteiger partial charge in [0, 0.05) is 104 Å². The van der Waals surface area contributed by atoms with Gasteiger partial charge in [0.1, 0.15) is 30.0 Å². The highest BCUT2D eigenvalue weighted by Gasteiger charge is 2.69. The van der Waals surface area contributed by atoms with Crippen LogP contribution in [0.15, 0.2) is 77.2 Å². The van der Waals surface area contributed by atoms with E-state index in [1.165, 1.54) is 59.4 Å². The molecule has 9 N–H and O–H groups in total. The van der Waals surface area contributed by atoms with E-state index in [9.17, 15) is 64.8 Å². The first kappa shape index (κ1) is 65.3. The predicted octanol–water partition coefficient (Wildman–Crippen LogP) is 6.06. The SMILES string of the molecule is C=C1C[C@H]2[C@@H]3CCC4=CC(=O)C=C[C@]4(C)[C@H]3[C@@H](O)C[C@]2(C)[C@@]1(O)C(=O)CO.CO[C@H]1/C=C\O[C@@]2(C)Oc3c(C)c(O)c4c(O)c(c(/C=N/N5CCN(C)CC5)c(O)c4c3C2=O)NC(=O)/C(C)=C\C=C/[C@H](C)[C@H](O)[C@@H](C)[C@@H](O)[C@@H](C)[C@H](OC(C)=O)[C@@H]1C. The fourth-order valence-electron chi connectivity index (χ4n) is 14.8. The molecule has 10 rings (SSSR count). The van der Waals surface area contributed by atoms with Crippen molar-refractivity contribution in [1.29, 1.82) is 0 Å². The zero-order valence-corrected chi connectivity index (χ0v) is 51.3.